The van der Waals surface area contributed by atoms with Crippen LogP contribution >= 0.6 is 0 Å². The molecule has 3 aliphatic heterocycles. The van der Waals surface area contributed by atoms with Crippen LogP contribution in [-0.2, 0) is 23.8 Å². The van der Waals surface area contributed by atoms with Gasteiger partial charge in [-0.1, -0.05) is 52.9 Å². The molecule has 0 saturated carbocycles. The van der Waals surface area contributed by atoms with Gasteiger partial charge in [-0.2, -0.15) is 0 Å². The molecule has 3 aliphatic rings. The Labute approximate surface area is 205 Å². The van der Waals surface area contributed by atoms with E-state index in [9.17, 15) is 19.8 Å². The Balaban J connectivity index is 0.000000263. The van der Waals surface area contributed by atoms with Crippen molar-refractivity contribution in [3.05, 3.63) is 6.61 Å². The quantitative estimate of drug-likeness (QED) is 0.154. The molecule has 8 heteroatoms. The molecule has 0 aromatic rings. The van der Waals surface area contributed by atoms with Crippen molar-refractivity contribution < 1.29 is 39.1 Å². The average Bonchev–Trinajstić information content (AvgIpc) is 3.57. The fourth-order valence-corrected chi connectivity index (χ4v) is 3.81. The Kier molecular flexibility index (Phi) is 16.2. The molecule has 0 aromatic carbocycles. The van der Waals surface area contributed by atoms with E-state index in [0.29, 0.717) is 19.3 Å². The van der Waals surface area contributed by atoms with Gasteiger partial charge in [-0.25, -0.2) is 0 Å². The highest BCUT2D eigenvalue weighted by atomic mass is 16.6. The number of epoxide rings is 1. The van der Waals surface area contributed by atoms with Gasteiger partial charge in [-0.3, -0.25) is 9.59 Å². The summed E-state index contributed by atoms with van der Waals surface area (Å²) in [6.07, 6.45) is 11.3. The molecule has 3 saturated heterocycles. The molecule has 8 nitrogen and oxygen atoms in total. The van der Waals surface area contributed by atoms with Gasteiger partial charge in [0.15, 0.2) is 0 Å². The van der Waals surface area contributed by atoms with E-state index in [1.165, 1.54) is 25.7 Å². The van der Waals surface area contributed by atoms with Crippen LogP contribution in [0.25, 0.3) is 0 Å². The monoisotopic (exact) mass is 487 g/mol. The zero-order valence-electron chi connectivity index (χ0n) is 21.3. The lowest BCUT2D eigenvalue weighted by molar-refractivity contribution is -0.172. The smallest absolute Gasteiger partial charge is 0.309 e. The number of rotatable bonds is 13. The van der Waals surface area contributed by atoms with Gasteiger partial charge < -0.3 is 24.8 Å². The Morgan fingerprint density at radius 3 is 2.03 bits per heavy atom. The summed E-state index contributed by atoms with van der Waals surface area (Å²) < 4.78 is 14.7. The second-order valence-electron chi connectivity index (χ2n) is 9.51. The molecule has 3 rings (SSSR count). The SMILES string of the molecule is CCC(O)CC1[CH+]O1.CCCCCC(O)CC1CC(=O)O1.CCCCCC1CC(O)CC(=O)O1. The van der Waals surface area contributed by atoms with Crippen LogP contribution in [-0.4, -0.2) is 63.9 Å². The number of carbonyl (C=O) groups excluding carboxylic acids is 2. The van der Waals surface area contributed by atoms with E-state index >= 15 is 0 Å². The Bertz CT molecular complexity index is 543. The molecule has 6 atom stereocenters. The number of aliphatic hydroxyl groups excluding tert-OH is 3. The van der Waals surface area contributed by atoms with Gasteiger partial charge in [0.05, 0.1) is 31.2 Å². The van der Waals surface area contributed by atoms with E-state index in [1.807, 2.05) is 6.92 Å². The van der Waals surface area contributed by atoms with Crippen molar-refractivity contribution in [2.24, 2.45) is 0 Å². The van der Waals surface area contributed by atoms with Crippen LogP contribution in [0.2, 0.25) is 0 Å². The minimum Gasteiger partial charge on any atom is -0.462 e. The van der Waals surface area contributed by atoms with Crippen LogP contribution in [0.5, 0.6) is 0 Å². The number of carbonyl (C=O) groups is 2. The van der Waals surface area contributed by atoms with Crippen molar-refractivity contribution in [3.8, 4) is 0 Å². The number of ether oxygens (including phenoxy) is 3. The molecule has 198 valence electrons. The molecule has 0 aromatic heterocycles. The summed E-state index contributed by atoms with van der Waals surface area (Å²) in [6, 6.07) is 0. The van der Waals surface area contributed by atoms with E-state index in [2.05, 4.69) is 13.8 Å². The lowest BCUT2D eigenvalue weighted by Gasteiger charge is -2.27. The molecule has 0 radical (unpaired) electrons. The minimum atomic E-state index is -0.479. The van der Waals surface area contributed by atoms with Gasteiger partial charge in [0.1, 0.15) is 12.2 Å². The summed E-state index contributed by atoms with van der Waals surface area (Å²) >= 11 is 0. The third-order valence-electron chi connectivity index (χ3n) is 6.04. The first-order valence-corrected chi connectivity index (χ1v) is 13.2. The first-order chi connectivity index (χ1) is 16.3. The summed E-state index contributed by atoms with van der Waals surface area (Å²) in [5, 5.41) is 27.8. The number of hydrogen-bond acceptors (Lipinski definition) is 8. The second kappa shape index (κ2) is 18.0. The summed E-state index contributed by atoms with van der Waals surface area (Å²) in [5.74, 6) is -0.383. The maximum Gasteiger partial charge on any atom is 0.309 e. The van der Waals surface area contributed by atoms with Crippen LogP contribution in [0.4, 0.5) is 0 Å². The van der Waals surface area contributed by atoms with Gasteiger partial charge in [0.25, 0.3) is 12.7 Å². The Morgan fingerprint density at radius 1 is 0.882 bits per heavy atom. The van der Waals surface area contributed by atoms with E-state index in [0.717, 1.165) is 38.5 Å². The summed E-state index contributed by atoms with van der Waals surface area (Å²) in [6.45, 7) is 7.99. The van der Waals surface area contributed by atoms with Crippen molar-refractivity contribution in [3.63, 3.8) is 0 Å². The minimum absolute atomic E-state index is 0.0101. The lowest BCUT2D eigenvalue weighted by Crippen LogP contribution is -2.35. The van der Waals surface area contributed by atoms with Gasteiger partial charge in [-0.15, -0.1) is 4.74 Å². The van der Waals surface area contributed by atoms with Crippen molar-refractivity contribution in [1.29, 1.82) is 0 Å². The third kappa shape index (κ3) is 15.5. The normalized spacial score (nSPS) is 26.8. The maximum atomic E-state index is 10.9. The van der Waals surface area contributed by atoms with Crippen molar-refractivity contribution >= 4 is 11.9 Å². The highest BCUT2D eigenvalue weighted by Crippen LogP contribution is 2.22. The average molecular weight is 488 g/mol. The molecular formula is C26H47O8+. The summed E-state index contributed by atoms with van der Waals surface area (Å²) in [5.41, 5.74) is 0. The van der Waals surface area contributed by atoms with Crippen molar-refractivity contribution in [1.82, 2.24) is 0 Å². The molecule has 3 fully saturated rings. The van der Waals surface area contributed by atoms with Crippen molar-refractivity contribution in [2.75, 3.05) is 0 Å². The van der Waals surface area contributed by atoms with Crippen LogP contribution < -0.4 is 0 Å². The molecule has 3 N–H and O–H groups in total. The summed E-state index contributed by atoms with van der Waals surface area (Å²) in [7, 11) is 0. The van der Waals surface area contributed by atoms with E-state index < -0.39 is 6.10 Å². The predicted molar refractivity (Wildman–Crippen MR) is 129 cm³/mol. The van der Waals surface area contributed by atoms with Crippen LogP contribution in [0, 0.1) is 6.61 Å². The molecule has 3 heterocycles. The van der Waals surface area contributed by atoms with Gasteiger partial charge in [0.2, 0.25) is 0 Å². The zero-order chi connectivity index (χ0) is 25.3. The summed E-state index contributed by atoms with van der Waals surface area (Å²) in [4.78, 5) is 21.4. The van der Waals surface area contributed by atoms with E-state index in [-0.39, 0.29) is 48.9 Å². The molecule has 34 heavy (non-hydrogen) atoms. The molecule has 0 spiro atoms. The maximum absolute atomic E-state index is 10.9. The second-order valence-corrected chi connectivity index (χ2v) is 9.51. The van der Waals surface area contributed by atoms with Gasteiger partial charge >= 0.3 is 11.9 Å². The third-order valence-corrected chi connectivity index (χ3v) is 6.04. The lowest BCUT2D eigenvalue weighted by atomic mass is 10.0. The van der Waals surface area contributed by atoms with E-state index in [1.54, 1.807) is 6.61 Å². The zero-order valence-corrected chi connectivity index (χ0v) is 21.3. The molecule has 6 unspecified atom stereocenters. The van der Waals surface area contributed by atoms with E-state index in [4.69, 9.17) is 19.3 Å². The fourth-order valence-electron chi connectivity index (χ4n) is 3.81. The fraction of sp³-hybridized carbons (Fsp3) is 0.885. The largest absolute Gasteiger partial charge is 0.462 e. The number of esters is 2. The Morgan fingerprint density at radius 2 is 1.50 bits per heavy atom. The van der Waals surface area contributed by atoms with Crippen LogP contribution in [0.3, 0.4) is 0 Å². The van der Waals surface area contributed by atoms with Crippen LogP contribution in [0.1, 0.15) is 111 Å². The first-order valence-electron chi connectivity index (χ1n) is 13.2. The van der Waals surface area contributed by atoms with Crippen molar-refractivity contribution in [2.45, 2.75) is 147 Å². The first kappa shape index (κ1) is 30.7. The molecular weight excluding hydrogens is 440 g/mol. The molecule has 0 amide bonds. The highest BCUT2D eigenvalue weighted by Gasteiger charge is 2.40. The highest BCUT2D eigenvalue weighted by molar-refractivity contribution is 5.75. The Hall–Kier alpha value is -1.35. The number of hydrogen-bond donors (Lipinski definition) is 3. The molecule has 0 bridgehead atoms. The van der Waals surface area contributed by atoms with Gasteiger partial charge in [-0.05, 0) is 25.7 Å². The van der Waals surface area contributed by atoms with Crippen LogP contribution in [0.15, 0.2) is 0 Å². The van der Waals surface area contributed by atoms with Gasteiger partial charge in [0, 0.05) is 19.3 Å². The topological polar surface area (TPSA) is 126 Å². The standard InChI is InChI=1S/2C10H18O3.C6H11O2/c1-2-3-4-5-9-6-8(11)7-10(12)13-9;1-2-3-4-5-8(11)6-9-7-10(12)13-9;1-2-5(7)3-6-4-8-6/h2*8-9,11H,2-7H2,1H3;4-7H,2-3H2,1H3/q;;+1. The number of cyclic esters (lactones) is 2. The molecule has 0 aliphatic carbocycles. The predicted octanol–water partition coefficient (Wildman–Crippen LogP) is 3.97. The number of unbranched alkanes of at least 4 members (excludes halogenated alkanes) is 4. The number of aliphatic hydroxyl groups is 3.